The van der Waals surface area contributed by atoms with E-state index in [0.29, 0.717) is 17.5 Å². The van der Waals surface area contributed by atoms with Crippen molar-refractivity contribution in [3.63, 3.8) is 0 Å². The number of para-hydroxylation sites is 4. The maximum absolute atomic E-state index is 6.70. The van der Waals surface area contributed by atoms with Crippen LogP contribution < -0.4 is 0 Å². The molecule has 0 bridgehead atoms. The molecule has 0 spiro atoms. The normalized spacial score (nSPS) is 11.9. The molecule has 6 nitrogen and oxygen atoms in total. The van der Waals surface area contributed by atoms with E-state index in [1.54, 1.807) is 0 Å². The van der Waals surface area contributed by atoms with Crippen LogP contribution in [-0.2, 0) is 0 Å². The predicted molar refractivity (Wildman–Crippen MR) is 232 cm³/mol. The van der Waals surface area contributed by atoms with Crippen LogP contribution in [0.3, 0.4) is 0 Å². The first-order valence-corrected chi connectivity index (χ1v) is 19.1. The summed E-state index contributed by atoms with van der Waals surface area (Å²) in [7, 11) is 0. The number of nitrogens with zero attached hydrogens (tertiary/aromatic N) is 5. The van der Waals surface area contributed by atoms with Gasteiger partial charge in [0.1, 0.15) is 11.2 Å². The third kappa shape index (κ3) is 4.81. The summed E-state index contributed by atoms with van der Waals surface area (Å²) in [6, 6.07) is 65.5. The average molecular weight is 730 g/mol. The number of aromatic nitrogens is 5. The monoisotopic (exact) mass is 729 g/mol. The molecule has 57 heavy (non-hydrogen) atoms. The van der Waals surface area contributed by atoms with Gasteiger partial charge in [-0.1, -0.05) is 133 Å². The van der Waals surface area contributed by atoms with Gasteiger partial charge in [0.15, 0.2) is 17.5 Å². The second-order valence-corrected chi connectivity index (χ2v) is 14.4. The molecular formula is C51H31N5O. The number of benzene rings is 8. The van der Waals surface area contributed by atoms with Crippen LogP contribution in [0.2, 0.25) is 0 Å². The molecule has 4 heterocycles. The standard InChI is InChI=1S/C51H31N5O/c1-4-16-32(17-5-1)49-52-50(33-18-6-2-7-19-33)54-51(53-49)34-30-43(46-38-24-12-15-27-44(38)57-45(46)31-34)56-40-26-14-11-23-37(40)48-42(56)29-28-41-47(48)36-22-10-13-25-39(36)55(41)35-20-8-3-9-21-35/h1-31H. The molecule has 0 radical (unpaired) electrons. The number of hydrogen-bond acceptors (Lipinski definition) is 4. The van der Waals surface area contributed by atoms with E-state index in [9.17, 15) is 0 Å². The van der Waals surface area contributed by atoms with Crippen molar-refractivity contribution in [1.82, 2.24) is 24.1 Å². The van der Waals surface area contributed by atoms with Gasteiger partial charge in [-0.05, 0) is 54.6 Å². The molecule has 0 N–H and O–H groups in total. The molecule has 0 fully saturated rings. The molecular weight excluding hydrogens is 699 g/mol. The summed E-state index contributed by atoms with van der Waals surface area (Å²) in [5.41, 5.74) is 10.9. The lowest BCUT2D eigenvalue weighted by Gasteiger charge is -2.13. The van der Waals surface area contributed by atoms with Crippen LogP contribution in [0.15, 0.2) is 192 Å². The molecule has 6 heteroatoms. The van der Waals surface area contributed by atoms with Crippen molar-refractivity contribution >= 4 is 65.6 Å². The van der Waals surface area contributed by atoms with E-state index in [-0.39, 0.29) is 0 Å². The van der Waals surface area contributed by atoms with E-state index in [4.69, 9.17) is 19.4 Å². The molecule has 0 aliphatic rings. The Morgan fingerprint density at radius 3 is 1.42 bits per heavy atom. The zero-order valence-electron chi connectivity index (χ0n) is 30.5. The van der Waals surface area contributed by atoms with Gasteiger partial charge in [0, 0.05) is 49.3 Å². The first-order chi connectivity index (χ1) is 28.3. The highest BCUT2D eigenvalue weighted by Gasteiger charge is 2.24. The van der Waals surface area contributed by atoms with Crippen LogP contribution in [0.4, 0.5) is 0 Å². The summed E-state index contributed by atoms with van der Waals surface area (Å²) in [6.07, 6.45) is 0. The Kier molecular flexibility index (Phi) is 6.83. The Bertz CT molecular complexity index is 3450. The van der Waals surface area contributed by atoms with Gasteiger partial charge in [-0.3, -0.25) is 0 Å². The molecule has 266 valence electrons. The van der Waals surface area contributed by atoms with Crippen molar-refractivity contribution in [3.05, 3.63) is 188 Å². The van der Waals surface area contributed by atoms with Gasteiger partial charge in [-0.25, -0.2) is 15.0 Å². The Morgan fingerprint density at radius 1 is 0.333 bits per heavy atom. The molecule has 0 amide bonds. The molecule has 0 atom stereocenters. The van der Waals surface area contributed by atoms with Crippen LogP contribution in [0.25, 0.3) is 111 Å². The number of furan rings is 1. The summed E-state index contributed by atoms with van der Waals surface area (Å²) < 4.78 is 11.5. The van der Waals surface area contributed by atoms with Crippen molar-refractivity contribution < 1.29 is 4.42 Å². The Balaban J connectivity index is 1.20. The minimum Gasteiger partial charge on any atom is -0.456 e. The van der Waals surface area contributed by atoms with E-state index >= 15 is 0 Å². The van der Waals surface area contributed by atoms with Crippen molar-refractivity contribution in [2.24, 2.45) is 0 Å². The Morgan fingerprint density at radius 2 is 0.807 bits per heavy atom. The molecule has 0 aliphatic carbocycles. The zero-order valence-corrected chi connectivity index (χ0v) is 30.5. The van der Waals surface area contributed by atoms with Crippen LogP contribution in [0, 0.1) is 0 Å². The van der Waals surface area contributed by atoms with Crippen molar-refractivity contribution in [2.75, 3.05) is 0 Å². The molecule has 0 aliphatic heterocycles. The smallest absolute Gasteiger partial charge is 0.164 e. The molecule has 0 saturated heterocycles. The first-order valence-electron chi connectivity index (χ1n) is 19.1. The summed E-state index contributed by atoms with van der Waals surface area (Å²) >= 11 is 0. The molecule has 0 unspecified atom stereocenters. The first kappa shape index (κ1) is 31.5. The summed E-state index contributed by atoms with van der Waals surface area (Å²) in [5, 5.41) is 6.90. The van der Waals surface area contributed by atoms with Gasteiger partial charge in [-0.2, -0.15) is 0 Å². The quantitative estimate of drug-likeness (QED) is 0.177. The van der Waals surface area contributed by atoms with E-state index in [0.717, 1.165) is 66.6 Å². The largest absolute Gasteiger partial charge is 0.456 e. The second-order valence-electron chi connectivity index (χ2n) is 14.4. The molecule has 0 saturated carbocycles. The van der Waals surface area contributed by atoms with Crippen molar-refractivity contribution in [1.29, 1.82) is 0 Å². The molecule has 4 aromatic heterocycles. The van der Waals surface area contributed by atoms with Gasteiger partial charge in [0.05, 0.1) is 33.1 Å². The third-order valence-electron chi connectivity index (χ3n) is 11.1. The lowest BCUT2D eigenvalue weighted by Crippen LogP contribution is -2.01. The summed E-state index contributed by atoms with van der Waals surface area (Å²) in [4.78, 5) is 15.3. The van der Waals surface area contributed by atoms with Crippen molar-refractivity contribution in [3.8, 4) is 45.5 Å². The van der Waals surface area contributed by atoms with E-state index < -0.39 is 0 Å². The Labute approximate surface area is 326 Å². The lowest BCUT2D eigenvalue weighted by molar-refractivity contribution is 0.669. The fourth-order valence-electron chi connectivity index (χ4n) is 8.71. The fraction of sp³-hybridized carbons (Fsp3) is 0. The number of rotatable bonds is 5. The van der Waals surface area contributed by atoms with Crippen LogP contribution in [0.1, 0.15) is 0 Å². The summed E-state index contributed by atoms with van der Waals surface area (Å²) in [6.45, 7) is 0. The Hall–Kier alpha value is -7.83. The second kappa shape index (κ2) is 12.3. The minimum absolute atomic E-state index is 0.570. The fourth-order valence-corrected chi connectivity index (χ4v) is 8.71. The lowest BCUT2D eigenvalue weighted by atomic mass is 10.1. The number of hydrogen-bond donors (Lipinski definition) is 0. The van der Waals surface area contributed by atoms with Gasteiger partial charge in [0.25, 0.3) is 0 Å². The van der Waals surface area contributed by atoms with Crippen LogP contribution in [0.5, 0.6) is 0 Å². The average Bonchev–Trinajstić information content (AvgIpc) is 3.94. The maximum atomic E-state index is 6.70. The van der Waals surface area contributed by atoms with Crippen molar-refractivity contribution in [2.45, 2.75) is 0 Å². The summed E-state index contributed by atoms with van der Waals surface area (Å²) in [5.74, 6) is 1.79. The highest BCUT2D eigenvalue weighted by molar-refractivity contribution is 6.29. The van der Waals surface area contributed by atoms with E-state index in [1.807, 2.05) is 72.8 Å². The highest BCUT2D eigenvalue weighted by atomic mass is 16.3. The van der Waals surface area contributed by atoms with E-state index in [1.165, 1.54) is 27.1 Å². The molecule has 12 aromatic rings. The highest BCUT2D eigenvalue weighted by Crippen LogP contribution is 2.45. The predicted octanol–water partition coefficient (Wildman–Crippen LogP) is 13.0. The molecule has 12 rings (SSSR count). The maximum Gasteiger partial charge on any atom is 0.164 e. The van der Waals surface area contributed by atoms with Crippen LogP contribution >= 0.6 is 0 Å². The van der Waals surface area contributed by atoms with Crippen LogP contribution in [-0.4, -0.2) is 24.1 Å². The molecule has 8 aromatic carbocycles. The van der Waals surface area contributed by atoms with Gasteiger partial charge in [-0.15, -0.1) is 0 Å². The van der Waals surface area contributed by atoms with Gasteiger partial charge < -0.3 is 13.6 Å². The van der Waals surface area contributed by atoms with Gasteiger partial charge >= 0.3 is 0 Å². The zero-order chi connectivity index (χ0) is 37.5. The number of fused-ring (bicyclic) bond motifs is 10. The SMILES string of the molecule is c1ccc(-c2nc(-c3ccccc3)nc(-c3cc(-n4c5ccccc5c5c6c7ccccc7n(-c7ccccc7)c6ccc54)c4c(c3)oc3ccccc34)n2)cc1. The van der Waals surface area contributed by atoms with E-state index in [2.05, 4.69) is 124 Å². The minimum atomic E-state index is 0.570. The topological polar surface area (TPSA) is 61.7 Å². The van der Waals surface area contributed by atoms with Gasteiger partial charge in [0.2, 0.25) is 0 Å². The third-order valence-corrected chi connectivity index (χ3v) is 11.1.